The summed E-state index contributed by atoms with van der Waals surface area (Å²) in [7, 11) is 2.11. The van der Waals surface area contributed by atoms with E-state index < -0.39 is 16.9 Å². The van der Waals surface area contributed by atoms with Crippen molar-refractivity contribution in [1.29, 1.82) is 0 Å². The van der Waals surface area contributed by atoms with Crippen molar-refractivity contribution in [2.75, 3.05) is 19.0 Å². The van der Waals surface area contributed by atoms with Crippen LogP contribution in [0.3, 0.4) is 0 Å². The van der Waals surface area contributed by atoms with Gasteiger partial charge in [0.15, 0.2) is 16.7 Å². The molecule has 0 spiro atoms. The number of anilines is 1. The summed E-state index contributed by atoms with van der Waals surface area (Å²) in [6, 6.07) is 16.4. The standard InChI is InChI=1S/C20H17N3O3S/c1-23(2)15-9-8-14-11-17(26-16(14)12-15)20(24)22-27(25)18-7-3-5-13-6-4-10-21-19(13)18/h3-12H,1-2H3,(H,22,24). The van der Waals surface area contributed by atoms with Gasteiger partial charge >= 0.3 is 0 Å². The molecule has 2 heterocycles. The van der Waals surface area contributed by atoms with Crippen LogP contribution in [0.1, 0.15) is 10.6 Å². The molecule has 0 aliphatic rings. The first-order valence-electron chi connectivity index (χ1n) is 8.30. The second-order valence-corrected chi connectivity index (χ2v) is 7.44. The van der Waals surface area contributed by atoms with E-state index in [2.05, 4.69) is 9.71 Å². The van der Waals surface area contributed by atoms with E-state index in [1.807, 2.05) is 55.4 Å². The Balaban J connectivity index is 1.61. The third-order valence-corrected chi connectivity index (χ3v) is 5.32. The number of amides is 1. The number of hydrogen-bond donors (Lipinski definition) is 1. The molecule has 0 aliphatic carbocycles. The van der Waals surface area contributed by atoms with Gasteiger partial charge in [0.2, 0.25) is 0 Å². The fourth-order valence-corrected chi connectivity index (χ4v) is 3.75. The summed E-state index contributed by atoms with van der Waals surface area (Å²) in [6.45, 7) is 0. The van der Waals surface area contributed by atoms with Gasteiger partial charge in [-0.15, -0.1) is 0 Å². The molecule has 0 fully saturated rings. The quantitative estimate of drug-likeness (QED) is 0.587. The molecule has 4 rings (SSSR count). The number of furan rings is 1. The van der Waals surface area contributed by atoms with Crippen LogP contribution in [0, 0.1) is 0 Å². The van der Waals surface area contributed by atoms with Crippen molar-refractivity contribution in [3.8, 4) is 0 Å². The van der Waals surface area contributed by atoms with Crippen molar-refractivity contribution >= 4 is 44.5 Å². The van der Waals surface area contributed by atoms with Gasteiger partial charge in [-0.1, -0.05) is 18.2 Å². The number of pyridine rings is 1. The van der Waals surface area contributed by atoms with Crippen molar-refractivity contribution in [2.24, 2.45) is 0 Å². The number of nitrogens with one attached hydrogen (secondary N) is 1. The first-order chi connectivity index (χ1) is 13.0. The van der Waals surface area contributed by atoms with Crippen LogP contribution < -0.4 is 9.62 Å². The lowest BCUT2D eigenvalue weighted by molar-refractivity contribution is 0.0958. The van der Waals surface area contributed by atoms with Crippen LogP contribution in [-0.4, -0.2) is 29.2 Å². The van der Waals surface area contributed by atoms with Crippen LogP contribution in [0.15, 0.2) is 70.1 Å². The molecule has 0 saturated heterocycles. The van der Waals surface area contributed by atoms with Gasteiger partial charge in [-0.3, -0.25) is 14.5 Å². The average molecular weight is 379 g/mol. The van der Waals surface area contributed by atoms with Crippen molar-refractivity contribution in [1.82, 2.24) is 9.71 Å². The number of carbonyl (C=O) groups is 1. The molecule has 27 heavy (non-hydrogen) atoms. The van der Waals surface area contributed by atoms with Gasteiger partial charge in [-0.2, -0.15) is 0 Å². The Labute approximate surface area is 158 Å². The van der Waals surface area contributed by atoms with E-state index >= 15 is 0 Å². The number of fused-ring (bicyclic) bond motifs is 2. The van der Waals surface area contributed by atoms with Gasteiger partial charge in [-0.05, 0) is 30.3 Å². The van der Waals surface area contributed by atoms with E-state index in [1.54, 1.807) is 24.4 Å². The Bertz CT molecular complexity index is 1180. The minimum Gasteiger partial charge on any atom is -0.451 e. The molecule has 136 valence electrons. The van der Waals surface area contributed by atoms with Crippen LogP contribution in [0.25, 0.3) is 21.9 Å². The molecule has 0 bridgehead atoms. The highest BCUT2D eigenvalue weighted by molar-refractivity contribution is 7.84. The summed E-state index contributed by atoms with van der Waals surface area (Å²) in [6.07, 6.45) is 1.63. The maximum Gasteiger partial charge on any atom is 0.298 e. The van der Waals surface area contributed by atoms with Crippen LogP contribution in [0.2, 0.25) is 0 Å². The summed E-state index contributed by atoms with van der Waals surface area (Å²) in [5, 5.41) is 1.67. The van der Waals surface area contributed by atoms with Gasteiger partial charge in [0, 0.05) is 42.8 Å². The second-order valence-electron chi connectivity index (χ2n) is 6.26. The highest BCUT2D eigenvalue weighted by atomic mass is 32.2. The monoisotopic (exact) mass is 379 g/mol. The van der Waals surface area contributed by atoms with E-state index in [1.165, 1.54) is 0 Å². The molecule has 1 atom stereocenters. The number of hydrogen-bond acceptors (Lipinski definition) is 5. The molecule has 1 N–H and O–H groups in total. The van der Waals surface area contributed by atoms with E-state index in [-0.39, 0.29) is 5.76 Å². The predicted molar refractivity (Wildman–Crippen MR) is 106 cm³/mol. The normalized spacial score (nSPS) is 12.2. The average Bonchev–Trinajstić information content (AvgIpc) is 3.11. The molecular formula is C20H17N3O3S. The first-order valence-corrected chi connectivity index (χ1v) is 9.45. The second kappa shape index (κ2) is 6.85. The summed E-state index contributed by atoms with van der Waals surface area (Å²) in [5.74, 6) is -0.425. The number of nitrogens with zero attached hydrogens (tertiary/aromatic N) is 2. The Morgan fingerprint density at radius 1 is 1.07 bits per heavy atom. The Morgan fingerprint density at radius 3 is 2.70 bits per heavy atom. The summed E-state index contributed by atoms with van der Waals surface area (Å²) >= 11 is 0. The lowest BCUT2D eigenvalue weighted by atomic mass is 10.2. The molecule has 0 radical (unpaired) electrons. The molecular weight excluding hydrogens is 362 g/mol. The number of benzene rings is 2. The Hall–Kier alpha value is -3.19. The Morgan fingerprint density at radius 2 is 1.89 bits per heavy atom. The lowest BCUT2D eigenvalue weighted by Crippen LogP contribution is -2.25. The van der Waals surface area contributed by atoms with Crippen molar-refractivity contribution in [3.63, 3.8) is 0 Å². The smallest absolute Gasteiger partial charge is 0.298 e. The third kappa shape index (κ3) is 3.29. The van der Waals surface area contributed by atoms with E-state index in [0.717, 1.165) is 16.5 Å². The topological polar surface area (TPSA) is 75.4 Å². The summed E-state index contributed by atoms with van der Waals surface area (Å²) < 4.78 is 20.8. The van der Waals surface area contributed by atoms with Gasteiger partial charge in [0.05, 0.1) is 10.4 Å². The maximum absolute atomic E-state index is 12.7. The molecule has 2 aromatic carbocycles. The molecule has 2 aromatic heterocycles. The number of aromatic nitrogens is 1. The number of carbonyl (C=O) groups excluding carboxylic acids is 1. The largest absolute Gasteiger partial charge is 0.451 e. The van der Waals surface area contributed by atoms with Gasteiger partial charge in [0.25, 0.3) is 5.91 Å². The fraction of sp³-hybridized carbons (Fsp3) is 0.100. The van der Waals surface area contributed by atoms with Crippen LogP contribution in [-0.2, 0) is 11.0 Å². The van der Waals surface area contributed by atoms with Crippen molar-refractivity contribution in [2.45, 2.75) is 4.90 Å². The van der Waals surface area contributed by atoms with Crippen molar-refractivity contribution in [3.05, 3.63) is 66.6 Å². The van der Waals surface area contributed by atoms with Crippen LogP contribution in [0.4, 0.5) is 5.69 Å². The first kappa shape index (κ1) is 17.2. The summed E-state index contributed by atoms with van der Waals surface area (Å²) in [4.78, 5) is 19.2. The maximum atomic E-state index is 12.7. The lowest BCUT2D eigenvalue weighted by Gasteiger charge is -2.11. The fourth-order valence-electron chi connectivity index (χ4n) is 2.83. The highest BCUT2D eigenvalue weighted by Gasteiger charge is 2.17. The molecule has 0 saturated carbocycles. The third-order valence-electron chi connectivity index (χ3n) is 4.22. The Kier molecular flexibility index (Phi) is 4.37. The minimum absolute atomic E-state index is 0.113. The predicted octanol–water partition coefficient (Wildman–Crippen LogP) is 3.50. The van der Waals surface area contributed by atoms with Gasteiger partial charge in [-0.25, -0.2) is 4.21 Å². The van der Waals surface area contributed by atoms with E-state index in [4.69, 9.17) is 4.42 Å². The molecule has 6 nitrogen and oxygen atoms in total. The molecule has 1 amide bonds. The molecule has 7 heteroatoms. The zero-order valence-corrected chi connectivity index (χ0v) is 15.6. The number of para-hydroxylation sites is 1. The molecule has 1 unspecified atom stereocenters. The molecule has 4 aromatic rings. The minimum atomic E-state index is -1.75. The zero-order valence-electron chi connectivity index (χ0n) is 14.8. The SMILES string of the molecule is CN(C)c1ccc2cc(C(=O)NS(=O)c3cccc4cccnc34)oc2c1. The van der Waals surface area contributed by atoms with Crippen LogP contribution in [0.5, 0.6) is 0 Å². The highest BCUT2D eigenvalue weighted by Crippen LogP contribution is 2.25. The zero-order chi connectivity index (χ0) is 19.0. The van der Waals surface area contributed by atoms with Crippen molar-refractivity contribution < 1.29 is 13.4 Å². The van der Waals surface area contributed by atoms with Crippen LogP contribution >= 0.6 is 0 Å². The number of rotatable bonds is 4. The molecule has 0 aliphatic heterocycles. The van der Waals surface area contributed by atoms with E-state index in [0.29, 0.717) is 16.0 Å². The summed E-state index contributed by atoms with van der Waals surface area (Å²) in [5.41, 5.74) is 2.16. The van der Waals surface area contributed by atoms with Gasteiger partial charge in [0.1, 0.15) is 5.58 Å². The van der Waals surface area contributed by atoms with E-state index in [9.17, 15) is 9.00 Å². The van der Waals surface area contributed by atoms with Gasteiger partial charge < -0.3 is 9.32 Å².